The molecule has 24 heavy (non-hydrogen) atoms. The summed E-state index contributed by atoms with van der Waals surface area (Å²) in [6.45, 7) is 3.81. The van der Waals surface area contributed by atoms with Crippen molar-refractivity contribution >= 4 is 5.91 Å². The van der Waals surface area contributed by atoms with E-state index in [4.69, 9.17) is 0 Å². The predicted octanol–water partition coefficient (Wildman–Crippen LogP) is 2.35. The number of aryl methyl sites for hydroxylation is 1. The van der Waals surface area contributed by atoms with Gasteiger partial charge in [-0.1, -0.05) is 17.3 Å². The van der Waals surface area contributed by atoms with E-state index in [9.17, 15) is 9.18 Å². The van der Waals surface area contributed by atoms with Crippen molar-refractivity contribution in [2.24, 2.45) is 0 Å². The smallest absolute Gasteiger partial charge is 0.274 e. The highest BCUT2D eigenvalue weighted by atomic mass is 19.1. The Morgan fingerprint density at radius 1 is 1.29 bits per heavy atom. The fourth-order valence-corrected chi connectivity index (χ4v) is 2.32. The Balaban J connectivity index is 1.80. The first-order chi connectivity index (χ1) is 11.6. The highest BCUT2D eigenvalue weighted by molar-refractivity contribution is 5.93. The van der Waals surface area contributed by atoms with Gasteiger partial charge in [0.15, 0.2) is 5.69 Å². The quantitative estimate of drug-likeness (QED) is 0.799. The summed E-state index contributed by atoms with van der Waals surface area (Å²) < 4.78 is 15.4. The molecule has 0 saturated carbocycles. The van der Waals surface area contributed by atoms with Crippen molar-refractivity contribution in [1.29, 1.82) is 0 Å². The lowest BCUT2D eigenvalue weighted by Crippen LogP contribution is -2.24. The van der Waals surface area contributed by atoms with Gasteiger partial charge in [0.05, 0.1) is 5.69 Å². The number of nitrogens with one attached hydrogen (secondary N) is 1. The molecular formula is C17H16FN5O. The van der Waals surface area contributed by atoms with Gasteiger partial charge in [-0.25, -0.2) is 9.07 Å². The highest BCUT2D eigenvalue weighted by Gasteiger charge is 2.18. The number of nitrogens with zero attached hydrogens (tertiary/aromatic N) is 4. The van der Waals surface area contributed by atoms with Gasteiger partial charge in [0.2, 0.25) is 0 Å². The molecule has 0 aliphatic heterocycles. The number of hydrogen-bond acceptors (Lipinski definition) is 4. The SMILES string of the molecule is Cc1ccc(-n2nnc(C(=O)NCc3cccnc3)c2C)c(F)c1. The van der Waals surface area contributed by atoms with Crippen LogP contribution in [0.5, 0.6) is 0 Å². The second kappa shape index (κ2) is 6.57. The molecule has 3 aromatic rings. The first kappa shape index (κ1) is 15.8. The van der Waals surface area contributed by atoms with Gasteiger partial charge in [0.25, 0.3) is 5.91 Å². The Hall–Kier alpha value is -3.09. The minimum Gasteiger partial charge on any atom is -0.346 e. The molecule has 1 amide bonds. The fourth-order valence-electron chi connectivity index (χ4n) is 2.32. The molecule has 0 bridgehead atoms. The molecule has 1 aromatic carbocycles. The molecule has 0 aliphatic rings. The van der Waals surface area contributed by atoms with Crippen LogP contribution in [0.3, 0.4) is 0 Å². The average molecular weight is 325 g/mol. The summed E-state index contributed by atoms with van der Waals surface area (Å²) in [5.74, 6) is -0.777. The second-order valence-electron chi connectivity index (χ2n) is 5.43. The van der Waals surface area contributed by atoms with Crippen molar-refractivity contribution < 1.29 is 9.18 Å². The van der Waals surface area contributed by atoms with E-state index in [1.165, 1.54) is 10.7 Å². The molecule has 0 radical (unpaired) electrons. The molecule has 2 heterocycles. The first-order valence-corrected chi connectivity index (χ1v) is 7.42. The number of aromatic nitrogens is 4. The third-order valence-corrected chi connectivity index (χ3v) is 3.62. The van der Waals surface area contributed by atoms with Crippen LogP contribution in [-0.2, 0) is 6.54 Å². The molecule has 0 fully saturated rings. The lowest BCUT2D eigenvalue weighted by Gasteiger charge is -2.06. The number of hydrogen-bond donors (Lipinski definition) is 1. The van der Waals surface area contributed by atoms with Crippen molar-refractivity contribution in [2.75, 3.05) is 0 Å². The summed E-state index contributed by atoms with van der Waals surface area (Å²) in [5, 5.41) is 10.5. The number of amides is 1. The average Bonchev–Trinajstić information content (AvgIpc) is 2.95. The van der Waals surface area contributed by atoms with Gasteiger partial charge in [-0.15, -0.1) is 5.10 Å². The third-order valence-electron chi connectivity index (χ3n) is 3.62. The summed E-state index contributed by atoms with van der Waals surface area (Å²) in [6, 6.07) is 8.46. The van der Waals surface area contributed by atoms with Crippen molar-refractivity contribution in [3.05, 3.63) is 71.1 Å². The summed E-state index contributed by atoms with van der Waals surface area (Å²) in [4.78, 5) is 16.3. The molecule has 1 N–H and O–H groups in total. The number of carbonyl (C=O) groups excluding carboxylic acids is 1. The monoisotopic (exact) mass is 325 g/mol. The minimum absolute atomic E-state index is 0.166. The van der Waals surface area contributed by atoms with Crippen LogP contribution in [0, 0.1) is 19.7 Å². The van der Waals surface area contributed by atoms with Crippen LogP contribution in [-0.4, -0.2) is 25.9 Å². The van der Waals surface area contributed by atoms with Gasteiger partial charge < -0.3 is 5.32 Å². The third kappa shape index (κ3) is 3.15. The number of halogens is 1. The van der Waals surface area contributed by atoms with Gasteiger partial charge in [0, 0.05) is 18.9 Å². The fraction of sp³-hybridized carbons (Fsp3) is 0.176. The Labute approximate surface area is 138 Å². The lowest BCUT2D eigenvalue weighted by molar-refractivity contribution is 0.0945. The van der Waals surface area contributed by atoms with Crippen LogP contribution in [0.4, 0.5) is 4.39 Å². The van der Waals surface area contributed by atoms with E-state index >= 15 is 0 Å². The second-order valence-corrected chi connectivity index (χ2v) is 5.43. The molecule has 0 atom stereocenters. The summed E-state index contributed by atoms with van der Waals surface area (Å²) >= 11 is 0. The molecule has 0 spiro atoms. The first-order valence-electron chi connectivity index (χ1n) is 7.42. The lowest BCUT2D eigenvalue weighted by atomic mass is 10.2. The zero-order chi connectivity index (χ0) is 17.1. The van der Waals surface area contributed by atoms with E-state index in [0.717, 1.165) is 11.1 Å². The minimum atomic E-state index is -0.412. The Morgan fingerprint density at radius 2 is 2.12 bits per heavy atom. The van der Waals surface area contributed by atoms with Gasteiger partial charge >= 0.3 is 0 Å². The summed E-state index contributed by atoms with van der Waals surface area (Å²) in [5.41, 5.74) is 2.58. The largest absolute Gasteiger partial charge is 0.346 e. The number of rotatable bonds is 4. The van der Waals surface area contributed by atoms with E-state index in [0.29, 0.717) is 12.2 Å². The summed E-state index contributed by atoms with van der Waals surface area (Å²) in [7, 11) is 0. The molecular weight excluding hydrogens is 309 g/mol. The van der Waals surface area contributed by atoms with Crippen LogP contribution in [0.1, 0.15) is 27.3 Å². The maximum Gasteiger partial charge on any atom is 0.274 e. The standard InChI is InChI=1S/C17H16FN5O/c1-11-5-6-15(14(18)8-11)23-12(2)16(21-22-23)17(24)20-10-13-4-3-7-19-9-13/h3-9H,10H2,1-2H3,(H,20,24). The molecule has 0 aliphatic carbocycles. The van der Waals surface area contributed by atoms with Gasteiger partial charge in [0.1, 0.15) is 11.5 Å². The van der Waals surface area contributed by atoms with Gasteiger partial charge in [-0.05, 0) is 43.2 Å². The van der Waals surface area contributed by atoms with Gasteiger partial charge in [-0.2, -0.15) is 0 Å². The number of benzene rings is 1. The van der Waals surface area contributed by atoms with E-state index in [-0.39, 0.29) is 17.3 Å². The van der Waals surface area contributed by atoms with E-state index in [1.807, 2.05) is 6.07 Å². The Morgan fingerprint density at radius 3 is 2.83 bits per heavy atom. The Kier molecular flexibility index (Phi) is 4.33. The molecule has 2 aromatic heterocycles. The van der Waals surface area contributed by atoms with Gasteiger partial charge in [-0.3, -0.25) is 9.78 Å². The molecule has 0 saturated heterocycles. The topological polar surface area (TPSA) is 72.7 Å². The van der Waals surface area contributed by atoms with Crippen molar-refractivity contribution in [2.45, 2.75) is 20.4 Å². The van der Waals surface area contributed by atoms with Crippen molar-refractivity contribution in [1.82, 2.24) is 25.3 Å². The number of pyridine rings is 1. The zero-order valence-corrected chi connectivity index (χ0v) is 13.3. The maximum atomic E-state index is 14.1. The van der Waals surface area contributed by atoms with Crippen LogP contribution >= 0.6 is 0 Å². The summed E-state index contributed by atoms with van der Waals surface area (Å²) in [6.07, 6.45) is 3.34. The molecule has 0 unspecified atom stereocenters. The van der Waals surface area contributed by atoms with E-state index in [2.05, 4.69) is 20.6 Å². The van der Waals surface area contributed by atoms with Crippen LogP contribution in [0.25, 0.3) is 5.69 Å². The molecule has 7 heteroatoms. The van der Waals surface area contributed by atoms with E-state index < -0.39 is 5.82 Å². The molecule has 3 rings (SSSR count). The predicted molar refractivity (Wildman–Crippen MR) is 86.2 cm³/mol. The van der Waals surface area contributed by atoms with Crippen LogP contribution in [0.15, 0.2) is 42.7 Å². The van der Waals surface area contributed by atoms with Crippen molar-refractivity contribution in [3.63, 3.8) is 0 Å². The Bertz CT molecular complexity index is 876. The normalized spacial score (nSPS) is 10.6. The number of carbonyl (C=O) groups is 1. The molecule has 122 valence electrons. The highest BCUT2D eigenvalue weighted by Crippen LogP contribution is 2.17. The zero-order valence-electron chi connectivity index (χ0n) is 13.3. The maximum absolute atomic E-state index is 14.1. The van der Waals surface area contributed by atoms with E-state index in [1.54, 1.807) is 44.4 Å². The van der Waals surface area contributed by atoms with Crippen LogP contribution in [0.2, 0.25) is 0 Å². The van der Waals surface area contributed by atoms with Crippen LogP contribution < -0.4 is 5.32 Å². The van der Waals surface area contributed by atoms with Crippen molar-refractivity contribution in [3.8, 4) is 5.69 Å². The molecule has 6 nitrogen and oxygen atoms in total.